The van der Waals surface area contributed by atoms with E-state index in [9.17, 15) is 9.59 Å². The summed E-state index contributed by atoms with van der Waals surface area (Å²) in [5.41, 5.74) is 1.31. The average molecular weight is 435 g/mol. The lowest BCUT2D eigenvalue weighted by Crippen LogP contribution is -2.30. The van der Waals surface area contributed by atoms with Gasteiger partial charge in [0.2, 0.25) is 0 Å². The van der Waals surface area contributed by atoms with E-state index < -0.39 is 12.0 Å². The third kappa shape index (κ3) is 6.18. The van der Waals surface area contributed by atoms with Gasteiger partial charge in [-0.15, -0.1) is 0 Å². The fraction of sp³-hybridized carbons (Fsp3) is 0.333. The number of carbonyl (C=O) groups excluding carboxylic acids is 2. The lowest BCUT2D eigenvalue weighted by atomic mass is 10.2. The largest absolute Gasteiger partial charge is 0.497 e. The molecule has 2 aromatic carbocycles. The quantitative estimate of drug-likeness (QED) is 0.644. The number of esters is 1. The van der Waals surface area contributed by atoms with Crippen LogP contribution in [0.15, 0.2) is 36.4 Å². The Morgan fingerprint density at radius 2 is 1.90 bits per heavy atom. The minimum atomic E-state index is -0.442. The van der Waals surface area contributed by atoms with Crippen LogP contribution in [0.1, 0.15) is 18.4 Å². The molecule has 160 valence electrons. The van der Waals surface area contributed by atoms with E-state index in [0.29, 0.717) is 46.7 Å². The van der Waals surface area contributed by atoms with Crippen molar-refractivity contribution in [2.45, 2.75) is 19.4 Å². The molecule has 0 aliphatic carbocycles. The highest BCUT2D eigenvalue weighted by atomic mass is 35.5. The molecule has 0 atom stereocenters. The van der Waals surface area contributed by atoms with E-state index in [-0.39, 0.29) is 19.6 Å². The Labute approximate surface area is 179 Å². The number of benzene rings is 2. The van der Waals surface area contributed by atoms with Gasteiger partial charge in [-0.25, -0.2) is 4.79 Å². The summed E-state index contributed by atoms with van der Waals surface area (Å²) in [7, 11) is 1.57. The van der Waals surface area contributed by atoms with Gasteiger partial charge in [-0.1, -0.05) is 11.6 Å². The number of ether oxygens (including phenoxy) is 4. The molecule has 1 aliphatic heterocycles. The summed E-state index contributed by atoms with van der Waals surface area (Å²) < 4.78 is 21.5. The molecule has 2 amide bonds. The lowest BCUT2D eigenvalue weighted by molar-refractivity contribution is -0.144. The van der Waals surface area contributed by atoms with Crippen LogP contribution in [0, 0.1) is 0 Å². The number of hydrogen-bond donors (Lipinski definition) is 2. The predicted octanol–water partition coefficient (Wildman–Crippen LogP) is 3.76. The molecule has 1 heterocycles. The first kappa shape index (κ1) is 21.6. The predicted molar refractivity (Wildman–Crippen MR) is 111 cm³/mol. The van der Waals surface area contributed by atoms with Crippen LogP contribution in [0.2, 0.25) is 5.02 Å². The molecule has 0 aromatic heterocycles. The van der Waals surface area contributed by atoms with Crippen molar-refractivity contribution in [3.63, 3.8) is 0 Å². The molecular weight excluding hydrogens is 412 g/mol. The zero-order valence-electron chi connectivity index (χ0n) is 16.5. The number of fused-ring (bicyclic) bond motifs is 1. The number of nitrogens with one attached hydrogen (secondary N) is 2. The minimum absolute atomic E-state index is 0.0360. The summed E-state index contributed by atoms with van der Waals surface area (Å²) in [5, 5.41) is 5.69. The van der Waals surface area contributed by atoms with Gasteiger partial charge in [0, 0.05) is 18.7 Å². The average Bonchev–Trinajstić information content (AvgIpc) is 2.99. The smallest absolute Gasteiger partial charge is 0.319 e. The van der Waals surface area contributed by atoms with Crippen molar-refractivity contribution in [3.8, 4) is 17.2 Å². The number of urea groups is 1. The molecule has 2 aromatic rings. The Kier molecular flexibility index (Phi) is 7.62. The summed E-state index contributed by atoms with van der Waals surface area (Å²) >= 11 is 6.23. The van der Waals surface area contributed by atoms with Gasteiger partial charge in [-0.3, -0.25) is 4.79 Å². The molecule has 8 nitrogen and oxygen atoms in total. The van der Waals surface area contributed by atoms with Crippen molar-refractivity contribution in [2.24, 2.45) is 0 Å². The molecule has 30 heavy (non-hydrogen) atoms. The molecule has 1 aliphatic rings. The molecular formula is C21H23ClN2O6. The zero-order chi connectivity index (χ0) is 21.3. The number of methoxy groups -OCH3 is 1. The maximum atomic E-state index is 12.0. The molecule has 0 fully saturated rings. The number of amides is 2. The molecule has 0 spiro atoms. The van der Waals surface area contributed by atoms with Gasteiger partial charge in [0.15, 0.2) is 11.5 Å². The monoisotopic (exact) mass is 434 g/mol. The lowest BCUT2D eigenvalue weighted by Gasteiger charge is -2.12. The van der Waals surface area contributed by atoms with E-state index in [0.717, 1.165) is 6.42 Å². The number of anilines is 1. The van der Waals surface area contributed by atoms with Gasteiger partial charge >= 0.3 is 12.0 Å². The number of halogens is 1. The second-order valence-corrected chi connectivity index (χ2v) is 6.88. The van der Waals surface area contributed by atoms with Crippen LogP contribution in [0.4, 0.5) is 10.5 Å². The second kappa shape index (κ2) is 10.6. The van der Waals surface area contributed by atoms with Crippen LogP contribution in [0.5, 0.6) is 17.2 Å². The van der Waals surface area contributed by atoms with Crippen molar-refractivity contribution in [2.75, 3.05) is 32.2 Å². The molecule has 3 rings (SSSR count). The van der Waals surface area contributed by atoms with Crippen molar-refractivity contribution in [1.82, 2.24) is 5.32 Å². The zero-order valence-corrected chi connectivity index (χ0v) is 17.3. The van der Waals surface area contributed by atoms with Gasteiger partial charge in [0.1, 0.15) is 12.4 Å². The third-order valence-electron chi connectivity index (χ3n) is 4.22. The van der Waals surface area contributed by atoms with Crippen LogP contribution in [0.25, 0.3) is 0 Å². The molecule has 2 N–H and O–H groups in total. The molecule has 0 unspecified atom stereocenters. The van der Waals surface area contributed by atoms with Crippen LogP contribution in [-0.4, -0.2) is 38.9 Å². The molecule has 0 radical (unpaired) electrons. The molecule has 0 bridgehead atoms. The first-order valence-corrected chi connectivity index (χ1v) is 9.85. The highest BCUT2D eigenvalue weighted by molar-refractivity contribution is 6.32. The van der Waals surface area contributed by atoms with Gasteiger partial charge in [-0.05, 0) is 42.0 Å². The van der Waals surface area contributed by atoms with Crippen LogP contribution in [0.3, 0.4) is 0 Å². The Hall–Kier alpha value is -3.13. The highest BCUT2D eigenvalue weighted by Crippen LogP contribution is 2.38. The first-order chi connectivity index (χ1) is 14.5. The number of hydrogen-bond acceptors (Lipinski definition) is 6. The summed E-state index contributed by atoms with van der Waals surface area (Å²) in [6.07, 6.45) is 0.808. The number of carbonyl (C=O) groups is 2. The van der Waals surface area contributed by atoms with E-state index in [1.807, 2.05) is 0 Å². The molecule has 9 heteroatoms. The number of rotatable bonds is 7. The van der Waals surface area contributed by atoms with E-state index in [4.69, 9.17) is 30.5 Å². The maximum absolute atomic E-state index is 12.0. The first-order valence-electron chi connectivity index (χ1n) is 9.47. The summed E-state index contributed by atoms with van der Waals surface area (Å²) in [6, 6.07) is 9.92. The van der Waals surface area contributed by atoms with Gasteiger partial charge < -0.3 is 29.6 Å². The SMILES string of the molecule is COc1ccc(NC(=O)NCCC(=O)OCc2cc(Cl)c3c(c2)OCCCO3)cc1. The highest BCUT2D eigenvalue weighted by Gasteiger charge is 2.16. The summed E-state index contributed by atoms with van der Waals surface area (Å²) in [6.45, 7) is 1.27. The fourth-order valence-corrected chi connectivity index (χ4v) is 3.02. The van der Waals surface area contributed by atoms with Crippen molar-refractivity contribution in [1.29, 1.82) is 0 Å². The van der Waals surface area contributed by atoms with Crippen molar-refractivity contribution < 1.29 is 28.5 Å². The Morgan fingerprint density at radius 3 is 2.67 bits per heavy atom. The van der Waals surface area contributed by atoms with Crippen molar-refractivity contribution >= 4 is 29.3 Å². The minimum Gasteiger partial charge on any atom is -0.497 e. The van der Waals surface area contributed by atoms with E-state index in [1.54, 1.807) is 43.5 Å². The van der Waals surface area contributed by atoms with E-state index >= 15 is 0 Å². The van der Waals surface area contributed by atoms with E-state index in [1.165, 1.54) is 0 Å². The van der Waals surface area contributed by atoms with E-state index in [2.05, 4.69) is 10.6 Å². The third-order valence-corrected chi connectivity index (χ3v) is 4.51. The van der Waals surface area contributed by atoms with Crippen LogP contribution >= 0.6 is 11.6 Å². The van der Waals surface area contributed by atoms with Crippen LogP contribution < -0.4 is 24.8 Å². The topological polar surface area (TPSA) is 95.1 Å². The van der Waals surface area contributed by atoms with Crippen molar-refractivity contribution in [3.05, 3.63) is 47.0 Å². The second-order valence-electron chi connectivity index (χ2n) is 6.48. The Balaban J connectivity index is 1.40. The van der Waals surface area contributed by atoms with Gasteiger partial charge in [-0.2, -0.15) is 0 Å². The maximum Gasteiger partial charge on any atom is 0.319 e. The van der Waals surface area contributed by atoms with Gasteiger partial charge in [0.05, 0.1) is 31.8 Å². The standard InChI is InChI=1S/C21H23ClN2O6/c1-27-16-5-3-15(4-6-16)24-21(26)23-8-7-19(25)30-13-14-11-17(22)20-18(12-14)28-9-2-10-29-20/h3-6,11-12H,2,7-10,13H2,1H3,(H2,23,24,26). The van der Waals surface area contributed by atoms with Crippen LogP contribution in [-0.2, 0) is 16.1 Å². The Bertz CT molecular complexity index is 888. The summed E-state index contributed by atoms with van der Waals surface area (Å²) in [5.74, 6) is 1.31. The normalized spacial score (nSPS) is 12.5. The van der Waals surface area contributed by atoms with Gasteiger partial charge in [0.25, 0.3) is 0 Å². The fourth-order valence-electron chi connectivity index (χ4n) is 2.73. The Morgan fingerprint density at radius 1 is 1.13 bits per heavy atom. The molecule has 0 saturated heterocycles. The molecule has 0 saturated carbocycles. The summed E-state index contributed by atoms with van der Waals surface area (Å²) in [4.78, 5) is 23.8.